The van der Waals surface area contributed by atoms with E-state index in [2.05, 4.69) is 6.07 Å². The van der Waals surface area contributed by atoms with Gasteiger partial charge in [0, 0.05) is 17.0 Å². The summed E-state index contributed by atoms with van der Waals surface area (Å²) in [6.45, 7) is 15.7. The molecule has 1 aliphatic rings. The minimum atomic E-state index is -0.567. The average molecular weight is 357 g/mol. The molecule has 2 heterocycles. The van der Waals surface area contributed by atoms with Gasteiger partial charge >= 0.3 is 13.2 Å². The van der Waals surface area contributed by atoms with Crippen molar-refractivity contribution in [1.82, 2.24) is 4.57 Å². The molecule has 3 rings (SSSR count). The van der Waals surface area contributed by atoms with E-state index in [9.17, 15) is 4.79 Å². The fraction of sp³-hybridized carbons (Fsp3) is 0.550. The number of benzene rings is 1. The maximum Gasteiger partial charge on any atom is 0.497 e. The smallest absolute Gasteiger partial charge is 0.443 e. The van der Waals surface area contributed by atoms with E-state index in [4.69, 9.17) is 14.0 Å². The van der Waals surface area contributed by atoms with Gasteiger partial charge < -0.3 is 14.0 Å². The number of ether oxygens (including phenoxy) is 1. The number of hydrogen-bond acceptors (Lipinski definition) is 4. The van der Waals surface area contributed by atoms with Crippen molar-refractivity contribution >= 4 is 29.6 Å². The zero-order valence-electron chi connectivity index (χ0n) is 17.0. The number of hydrogen-bond donors (Lipinski definition) is 0. The maximum atomic E-state index is 12.7. The number of nitrogens with zero attached hydrogens (tertiary/aromatic N) is 1. The summed E-state index contributed by atoms with van der Waals surface area (Å²) >= 11 is 0. The lowest BCUT2D eigenvalue weighted by Crippen LogP contribution is -2.41. The van der Waals surface area contributed by atoms with Crippen molar-refractivity contribution in [1.29, 1.82) is 0 Å². The molecule has 0 unspecified atom stereocenters. The minimum Gasteiger partial charge on any atom is -0.443 e. The van der Waals surface area contributed by atoms with Crippen LogP contribution >= 0.6 is 0 Å². The molecule has 0 spiro atoms. The van der Waals surface area contributed by atoms with Crippen molar-refractivity contribution in [2.45, 2.75) is 72.2 Å². The Morgan fingerprint density at radius 2 is 1.69 bits per heavy atom. The van der Waals surface area contributed by atoms with Crippen molar-refractivity contribution < 1.29 is 18.8 Å². The molecule has 1 aromatic heterocycles. The quantitative estimate of drug-likeness (QED) is 0.723. The molecule has 5 nitrogen and oxygen atoms in total. The SMILES string of the molecule is Cc1ccc2c(c1)c(B1OC(C)(C)C(C)(C)O1)cn2C(=O)OC(C)(C)C. The van der Waals surface area contributed by atoms with Crippen LogP contribution in [0.1, 0.15) is 54.0 Å². The summed E-state index contributed by atoms with van der Waals surface area (Å²) in [7, 11) is -0.534. The van der Waals surface area contributed by atoms with Gasteiger partial charge in [-0.3, -0.25) is 4.57 Å². The minimum absolute atomic E-state index is 0.408. The molecule has 6 heteroatoms. The first-order valence-corrected chi connectivity index (χ1v) is 9.01. The van der Waals surface area contributed by atoms with Gasteiger partial charge in [-0.15, -0.1) is 0 Å². The third-order valence-corrected chi connectivity index (χ3v) is 5.09. The van der Waals surface area contributed by atoms with Crippen LogP contribution in [0.15, 0.2) is 24.4 Å². The van der Waals surface area contributed by atoms with Crippen molar-refractivity contribution in [3.05, 3.63) is 30.0 Å². The predicted octanol–water partition coefficient (Wildman–Crippen LogP) is 4.03. The lowest BCUT2D eigenvalue weighted by Gasteiger charge is -2.32. The first-order chi connectivity index (χ1) is 11.8. The Morgan fingerprint density at radius 1 is 1.12 bits per heavy atom. The van der Waals surface area contributed by atoms with Crippen LogP contribution in [0, 0.1) is 6.92 Å². The molecule has 26 heavy (non-hydrogen) atoms. The molecule has 0 bridgehead atoms. The number of aryl methyl sites for hydroxylation is 1. The monoisotopic (exact) mass is 357 g/mol. The third kappa shape index (κ3) is 3.28. The Hall–Kier alpha value is -1.79. The van der Waals surface area contributed by atoms with E-state index >= 15 is 0 Å². The average Bonchev–Trinajstić information content (AvgIpc) is 2.91. The maximum absolute atomic E-state index is 12.7. The Morgan fingerprint density at radius 3 is 2.23 bits per heavy atom. The van der Waals surface area contributed by atoms with E-state index in [0.717, 1.165) is 21.9 Å². The number of aromatic nitrogens is 1. The van der Waals surface area contributed by atoms with Crippen LogP contribution in [0.5, 0.6) is 0 Å². The van der Waals surface area contributed by atoms with Crippen LogP contribution in [0.4, 0.5) is 4.79 Å². The highest BCUT2D eigenvalue weighted by Gasteiger charge is 2.52. The Bertz CT molecular complexity index is 845. The molecule has 0 N–H and O–H groups in total. The lowest BCUT2D eigenvalue weighted by molar-refractivity contribution is 0.00578. The van der Waals surface area contributed by atoms with Gasteiger partial charge in [0.25, 0.3) is 0 Å². The summed E-state index contributed by atoms with van der Waals surface area (Å²) in [4.78, 5) is 12.7. The largest absolute Gasteiger partial charge is 0.497 e. The zero-order chi connectivity index (χ0) is 19.5. The molecule has 2 aromatic rings. The third-order valence-electron chi connectivity index (χ3n) is 5.09. The highest BCUT2D eigenvalue weighted by Crippen LogP contribution is 2.37. The highest BCUT2D eigenvalue weighted by molar-refractivity contribution is 6.65. The van der Waals surface area contributed by atoms with E-state index in [1.54, 1.807) is 10.8 Å². The van der Waals surface area contributed by atoms with E-state index in [1.165, 1.54) is 0 Å². The number of rotatable bonds is 1. The van der Waals surface area contributed by atoms with Crippen molar-refractivity contribution in [2.75, 3.05) is 0 Å². The first kappa shape index (κ1) is 19.0. The van der Waals surface area contributed by atoms with Gasteiger partial charge in [0.2, 0.25) is 0 Å². The first-order valence-electron chi connectivity index (χ1n) is 9.01. The molecule has 1 aliphatic heterocycles. The molecular weight excluding hydrogens is 329 g/mol. The second kappa shape index (κ2) is 5.86. The second-order valence-electron chi connectivity index (χ2n) is 9.04. The number of carbonyl (C=O) groups excluding carboxylic acids is 1. The Balaban J connectivity index is 2.10. The zero-order valence-corrected chi connectivity index (χ0v) is 17.0. The van der Waals surface area contributed by atoms with Gasteiger partial charge in [-0.05, 0) is 61.5 Å². The van der Waals surface area contributed by atoms with Crippen LogP contribution in [-0.4, -0.2) is 34.6 Å². The summed E-state index contributed by atoms with van der Waals surface area (Å²) in [5.41, 5.74) is 1.28. The number of carbonyl (C=O) groups is 1. The van der Waals surface area contributed by atoms with Crippen LogP contribution < -0.4 is 5.46 Å². The molecule has 0 atom stereocenters. The predicted molar refractivity (Wildman–Crippen MR) is 104 cm³/mol. The van der Waals surface area contributed by atoms with Gasteiger partial charge in [0.05, 0.1) is 16.7 Å². The van der Waals surface area contributed by atoms with Crippen LogP contribution in [-0.2, 0) is 14.0 Å². The van der Waals surface area contributed by atoms with Gasteiger partial charge in [0.1, 0.15) is 5.60 Å². The van der Waals surface area contributed by atoms with Gasteiger partial charge in [0.15, 0.2) is 0 Å². The Kier molecular flexibility index (Phi) is 4.28. The summed E-state index contributed by atoms with van der Waals surface area (Å²) in [6.07, 6.45) is 1.37. The van der Waals surface area contributed by atoms with Crippen molar-refractivity contribution in [2.24, 2.45) is 0 Å². The van der Waals surface area contributed by atoms with E-state index in [0.29, 0.717) is 0 Å². The van der Waals surface area contributed by atoms with E-state index in [-0.39, 0.29) is 0 Å². The van der Waals surface area contributed by atoms with Gasteiger partial charge in [-0.25, -0.2) is 4.79 Å². The van der Waals surface area contributed by atoms with E-state index < -0.39 is 30.0 Å². The molecule has 1 fully saturated rings. The fourth-order valence-electron chi connectivity index (χ4n) is 2.99. The summed E-state index contributed by atoms with van der Waals surface area (Å²) < 4.78 is 19.5. The molecule has 1 aromatic carbocycles. The molecule has 1 saturated heterocycles. The summed E-state index contributed by atoms with van der Waals surface area (Å²) in [5, 5.41) is 0.939. The van der Waals surface area contributed by atoms with Gasteiger partial charge in [-0.1, -0.05) is 17.7 Å². The molecule has 0 saturated carbocycles. The Labute approximate surface area is 155 Å². The summed E-state index contributed by atoms with van der Waals surface area (Å²) in [5.74, 6) is 0. The fourth-order valence-corrected chi connectivity index (χ4v) is 2.99. The molecule has 140 valence electrons. The number of fused-ring (bicyclic) bond motifs is 1. The van der Waals surface area contributed by atoms with E-state index in [1.807, 2.05) is 67.5 Å². The molecule has 0 amide bonds. The lowest BCUT2D eigenvalue weighted by atomic mass is 9.79. The standard InChI is InChI=1S/C20H28BNO4/c1-13-9-10-16-14(11-13)15(12-22(16)17(23)24-18(2,3)4)21-25-19(5,6)20(7,8)26-21/h9-12H,1-8H3. The molecule has 0 aliphatic carbocycles. The van der Waals surface area contributed by atoms with Crippen molar-refractivity contribution in [3.8, 4) is 0 Å². The van der Waals surface area contributed by atoms with Gasteiger partial charge in [-0.2, -0.15) is 0 Å². The van der Waals surface area contributed by atoms with Crippen LogP contribution in [0.2, 0.25) is 0 Å². The van der Waals surface area contributed by atoms with Crippen LogP contribution in [0.3, 0.4) is 0 Å². The van der Waals surface area contributed by atoms with Crippen LogP contribution in [0.25, 0.3) is 10.9 Å². The topological polar surface area (TPSA) is 49.7 Å². The highest BCUT2D eigenvalue weighted by atomic mass is 16.7. The second-order valence-corrected chi connectivity index (χ2v) is 9.04. The summed E-state index contributed by atoms with van der Waals surface area (Å²) in [6, 6.07) is 5.97. The van der Waals surface area contributed by atoms with Crippen molar-refractivity contribution in [3.63, 3.8) is 0 Å². The molecule has 0 radical (unpaired) electrons. The normalized spacial score (nSPS) is 19.2. The molecular formula is C20H28BNO4.